The van der Waals surface area contributed by atoms with Crippen molar-refractivity contribution in [3.63, 3.8) is 0 Å². The van der Waals surface area contributed by atoms with Gasteiger partial charge in [0.2, 0.25) is 0 Å². The highest BCUT2D eigenvalue weighted by atomic mass is 32.2. The normalized spacial score (nSPS) is 11.8. The molecule has 0 heterocycles. The maximum atomic E-state index is 11.7. The van der Waals surface area contributed by atoms with Crippen LogP contribution in [0.2, 0.25) is 0 Å². The van der Waals surface area contributed by atoms with E-state index in [4.69, 9.17) is 9.84 Å². The molecule has 2 rings (SSSR count). The van der Waals surface area contributed by atoms with Gasteiger partial charge in [0.25, 0.3) is 0 Å². The lowest BCUT2D eigenvalue weighted by Gasteiger charge is -2.16. The van der Waals surface area contributed by atoms with Gasteiger partial charge in [0.1, 0.15) is 11.5 Å². The number of aliphatic hydroxyl groups excluding tert-OH is 1. The quantitative estimate of drug-likeness (QED) is 0.226. The second kappa shape index (κ2) is 12.4. The van der Waals surface area contributed by atoms with E-state index in [1.807, 2.05) is 31.2 Å². The molecule has 0 spiro atoms. The monoisotopic (exact) mass is 446 g/mol. The van der Waals surface area contributed by atoms with E-state index in [2.05, 4.69) is 0 Å². The Labute approximate surface area is 187 Å². The molecule has 6 nitrogen and oxygen atoms in total. The van der Waals surface area contributed by atoms with Crippen molar-refractivity contribution in [3.8, 4) is 11.5 Å². The molecule has 0 bridgehead atoms. The van der Waals surface area contributed by atoms with Gasteiger partial charge >= 0.3 is 5.97 Å². The van der Waals surface area contributed by atoms with Crippen LogP contribution in [-0.2, 0) is 11.2 Å². The van der Waals surface area contributed by atoms with Crippen molar-refractivity contribution < 1.29 is 29.6 Å². The van der Waals surface area contributed by atoms with Crippen molar-refractivity contribution in [2.24, 2.45) is 0 Å². The highest BCUT2D eigenvalue weighted by molar-refractivity contribution is 7.99. The molecule has 0 amide bonds. The molecule has 168 valence electrons. The lowest BCUT2D eigenvalue weighted by molar-refractivity contribution is -0.137. The topological polar surface area (TPSA) is 104 Å². The maximum Gasteiger partial charge on any atom is 0.303 e. The van der Waals surface area contributed by atoms with E-state index in [1.54, 1.807) is 23.9 Å². The summed E-state index contributed by atoms with van der Waals surface area (Å²) in [7, 11) is 0. The Balaban J connectivity index is 1.93. The molecule has 0 saturated heterocycles. The number of rotatable bonds is 13. The largest absolute Gasteiger partial charge is 0.507 e. The number of aliphatic carboxylic acids is 1. The van der Waals surface area contributed by atoms with E-state index in [0.717, 1.165) is 29.1 Å². The third-order valence-corrected chi connectivity index (χ3v) is 6.01. The summed E-state index contributed by atoms with van der Waals surface area (Å²) in [6.07, 6.45) is 1.47. The molecular formula is C24H30O6S. The number of carboxylic acid groups (broad SMARTS) is 1. The van der Waals surface area contributed by atoms with Crippen LogP contribution in [-0.4, -0.2) is 39.4 Å². The van der Waals surface area contributed by atoms with Gasteiger partial charge in [0.05, 0.1) is 18.3 Å². The van der Waals surface area contributed by atoms with Crippen LogP contribution in [0.25, 0.3) is 0 Å². The van der Waals surface area contributed by atoms with Crippen molar-refractivity contribution in [1.82, 2.24) is 0 Å². The molecule has 31 heavy (non-hydrogen) atoms. The fourth-order valence-electron chi connectivity index (χ4n) is 3.25. The number of carbonyl (C=O) groups excluding carboxylic acids is 1. The molecule has 1 atom stereocenters. The van der Waals surface area contributed by atoms with Gasteiger partial charge in [-0.1, -0.05) is 31.5 Å². The van der Waals surface area contributed by atoms with Crippen LogP contribution in [0.3, 0.4) is 0 Å². The van der Waals surface area contributed by atoms with E-state index in [1.165, 1.54) is 6.92 Å². The zero-order chi connectivity index (χ0) is 22.8. The molecule has 0 aliphatic carbocycles. The second-order valence-corrected chi connectivity index (χ2v) is 8.42. The Morgan fingerprint density at radius 2 is 1.90 bits per heavy atom. The van der Waals surface area contributed by atoms with Gasteiger partial charge in [0.15, 0.2) is 5.78 Å². The number of carboxylic acids is 1. The molecule has 0 aliphatic rings. The minimum atomic E-state index is -0.925. The van der Waals surface area contributed by atoms with Gasteiger partial charge in [-0.2, -0.15) is 0 Å². The molecule has 0 radical (unpaired) electrons. The van der Waals surface area contributed by atoms with Crippen LogP contribution in [0.1, 0.15) is 67.1 Å². The predicted octanol–water partition coefficient (Wildman–Crippen LogP) is 5.01. The fraction of sp³-hybridized carbons (Fsp3) is 0.417. The number of phenols is 1. The zero-order valence-corrected chi connectivity index (χ0v) is 18.8. The number of hydrogen-bond acceptors (Lipinski definition) is 6. The number of benzene rings is 2. The average Bonchev–Trinajstić information content (AvgIpc) is 2.74. The third-order valence-electron chi connectivity index (χ3n) is 4.83. The first-order chi connectivity index (χ1) is 14.8. The summed E-state index contributed by atoms with van der Waals surface area (Å²) < 4.78 is 5.89. The van der Waals surface area contributed by atoms with Crippen molar-refractivity contribution >= 4 is 23.5 Å². The molecule has 0 fully saturated rings. The Morgan fingerprint density at radius 1 is 1.16 bits per heavy atom. The summed E-state index contributed by atoms with van der Waals surface area (Å²) in [5, 5.41) is 29.6. The van der Waals surface area contributed by atoms with E-state index in [0.29, 0.717) is 29.9 Å². The minimum absolute atomic E-state index is 0.00509. The van der Waals surface area contributed by atoms with Gasteiger partial charge < -0.3 is 20.1 Å². The maximum absolute atomic E-state index is 11.7. The van der Waals surface area contributed by atoms with Crippen LogP contribution in [0.5, 0.6) is 11.5 Å². The molecule has 7 heteroatoms. The van der Waals surface area contributed by atoms with Crippen LogP contribution in [0.4, 0.5) is 0 Å². The number of hydrogen-bond donors (Lipinski definition) is 3. The van der Waals surface area contributed by atoms with Gasteiger partial charge in [-0.15, -0.1) is 11.8 Å². The van der Waals surface area contributed by atoms with Crippen LogP contribution < -0.4 is 4.74 Å². The van der Waals surface area contributed by atoms with E-state index in [-0.39, 0.29) is 24.4 Å². The molecule has 0 saturated carbocycles. The summed E-state index contributed by atoms with van der Waals surface area (Å²) in [6, 6.07) is 10.8. The number of aliphatic hydroxyl groups is 1. The van der Waals surface area contributed by atoms with Crippen molar-refractivity contribution in [2.75, 3.05) is 12.4 Å². The van der Waals surface area contributed by atoms with Crippen molar-refractivity contribution in [2.45, 2.75) is 57.0 Å². The van der Waals surface area contributed by atoms with Crippen LogP contribution in [0.15, 0.2) is 41.3 Å². The highest BCUT2D eigenvalue weighted by Gasteiger charge is 2.16. The number of carbonyl (C=O) groups is 2. The summed E-state index contributed by atoms with van der Waals surface area (Å²) in [5.41, 5.74) is 1.71. The molecule has 2 aromatic carbocycles. The molecule has 1 unspecified atom stereocenters. The standard InChI is InChI=1S/C24H30O6S/c1-3-7-19-21(12-10-17(16(2)25)24(19)29)30-14-6-15-31-22-9-5-4-8-18(22)20(26)11-13-23(27)28/h4-5,8-10,12,20,26,29H,3,6-7,11,13-15H2,1-2H3,(H,27,28). The third kappa shape index (κ3) is 7.29. The van der Waals surface area contributed by atoms with Crippen LogP contribution in [0, 0.1) is 0 Å². The van der Waals surface area contributed by atoms with Crippen molar-refractivity contribution in [3.05, 3.63) is 53.1 Å². The number of ketones is 1. The second-order valence-electron chi connectivity index (χ2n) is 7.28. The lowest BCUT2D eigenvalue weighted by atomic mass is 10.0. The van der Waals surface area contributed by atoms with E-state index >= 15 is 0 Å². The highest BCUT2D eigenvalue weighted by Crippen LogP contribution is 2.33. The first kappa shape index (κ1) is 24.8. The Kier molecular flexibility index (Phi) is 9.88. The number of aromatic hydroxyl groups is 1. The number of Topliss-reactive ketones (excluding diaryl/α,β-unsaturated/α-hetero) is 1. The number of ether oxygens (including phenoxy) is 1. The van der Waals surface area contributed by atoms with E-state index in [9.17, 15) is 19.8 Å². The molecule has 3 N–H and O–H groups in total. The van der Waals surface area contributed by atoms with Gasteiger partial charge in [-0.05, 0) is 49.9 Å². The van der Waals surface area contributed by atoms with Gasteiger partial charge in [-0.25, -0.2) is 0 Å². The molecular weight excluding hydrogens is 416 g/mol. The predicted molar refractivity (Wildman–Crippen MR) is 121 cm³/mol. The average molecular weight is 447 g/mol. The SMILES string of the molecule is CCCc1c(OCCCSc2ccccc2C(O)CCC(=O)O)ccc(C(C)=O)c1O. The summed E-state index contributed by atoms with van der Waals surface area (Å²) in [6.45, 7) is 3.88. The number of phenolic OH excluding ortho intramolecular Hbond substituents is 1. The molecule has 2 aromatic rings. The van der Waals surface area contributed by atoms with Gasteiger partial charge in [0, 0.05) is 22.6 Å². The lowest BCUT2D eigenvalue weighted by Crippen LogP contribution is -2.05. The summed E-state index contributed by atoms with van der Waals surface area (Å²) >= 11 is 1.59. The zero-order valence-electron chi connectivity index (χ0n) is 18.0. The Morgan fingerprint density at radius 3 is 2.58 bits per heavy atom. The Bertz CT molecular complexity index is 896. The molecule has 0 aromatic heterocycles. The minimum Gasteiger partial charge on any atom is -0.507 e. The van der Waals surface area contributed by atoms with Crippen molar-refractivity contribution in [1.29, 1.82) is 0 Å². The Hall–Kier alpha value is -2.51. The smallest absolute Gasteiger partial charge is 0.303 e. The van der Waals surface area contributed by atoms with E-state index < -0.39 is 12.1 Å². The first-order valence-electron chi connectivity index (χ1n) is 10.4. The summed E-state index contributed by atoms with van der Waals surface area (Å²) in [4.78, 5) is 23.3. The fourth-order valence-corrected chi connectivity index (χ4v) is 4.28. The summed E-state index contributed by atoms with van der Waals surface area (Å²) in [5.74, 6) is 0.251. The molecule has 0 aliphatic heterocycles. The first-order valence-corrected chi connectivity index (χ1v) is 11.4. The van der Waals surface area contributed by atoms with Gasteiger partial charge in [-0.3, -0.25) is 9.59 Å². The van der Waals surface area contributed by atoms with Crippen LogP contribution >= 0.6 is 11.8 Å². The number of thioether (sulfide) groups is 1.